The first-order chi connectivity index (χ1) is 7.20. The average molecular weight is 202 g/mol. The Hall–Kier alpha value is -1.64. The van der Waals surface area contributed by atoms with Gasteiger partial charge in [-0.25, -0.2) is 5.01 Å². The highest BCUT2D eigenvalue weighted by molar-refractivity contribution is 6.13. The van der Waals surface area contributed by atoms with Gasteiger partial charge in [-0.2, -0.15) is 5.10 Å². The molecule has 1 aromatic rings. The van der Waals surface area contributed by atoms with Gasteiger partial charge in [0.15, 0.2) is 0 Å². The van der Waals surface area contributed by atoms with E-state index < -0.39 is 0 Å². The Morgan fingerprint density at radius 2 is 2.00 bits per heavy atom. The number of aryl methyl sites for hydroxylation is 1. The van der Waals surface area contributed by atoms with Gasteiger partial charge in [0.05, 0.1) is 12.1 Å². The van der Waals surface area contributed by atoms with E-state index >= 15 is 0 Å². The fraction of sp³-hybridized carbons (Fsp3) is 0.333. The second-order valence-electron chi connectivity index (χ2n) is 3.69. The molecule has 0 atom stereocenters. The van der Waals surface area contributed by atoms with Crippen molar-refractivity contribution < 1.29 is 4.79 Å². The SMILES string of the molecule is CCc1ccc(C2=NN(C)C(=O)C2)cc1. The Kier molecular flexibility index (Phi) is 2.54. The van der Waals surface area contributed by atoms with E-state index in [1.54, 1.807) is 7.05 Å². The predicted molar refractivity (Wildman–Crippen MR) is 59.7 cm³/mol. The molecule has 1 heterocycles. The largest absolute Gasteiger partial charge is 0.273 e. The molecule has 0 aromatic heterocycles. The summed E-state index contributed by atoms with van der Waals surface area (Å²) in [6.07, 6.45) is 1.45. The lowest BCUT2D eigenvalue weighted by Crippen LogP contribution is -2.14. The number of benzene rings is 1. The molecule has 3 heteroatoms. The van der Waals surface area contributed by atoms with Gasteiger partial charge in [-0.3, -0.25) is 4.79 Å². The van der Waals surface area contributed by atoms with E-state index in [0.29, 0.717) is 6.42 Å². The maximum atomic E-state index is 11.3. The first-order valence-electron chi connectivity index (χ1n) is 5.14. The van der Waals surface area contributed by atoms with Gasteiger partial charge >= 0.3 is 0 Å². The molecule has 0 fully saturated rings. The summed E-state index contributed by atoms with van der Waals surface area (Å²) in [5.74, 6) is 0.0598. The van der Waals surface area contributed by atoms with Crippen LogP contribution in [0.1, 0.15) is 24.5 Å². The third kappa shape index (κ3) is 1.91. The molecule has 1 aliphatic rings. The molecule has 78 valence electrons. The van der Waals surface area contributed by atoms with E-state index in [4.69, 9.17) is 0 Å². The van der Waals surface area contributed by atoms with Crippen molar-refractivity contribution in [2.45, 2.75) is 19.8 Å². The van der Waals surface area contributed by atoms with Gasteiger partial charge in [0.2, 0.25) is 5.91 Å². The van der Waals surface area contributed by atoms with Gasteiger partial charge in [-0.15, -0.1) is 0 Å². The van der Waals surface area contributed by atoms with Gasteiger partial charge in [0, 0.05) is 7.05 Å². The molecule has 0 N–H and O–H groups in total. The fourth-order valence-corrected chi connectivity index (χ4v) is 1.62. The quantitative estimate of drug-likeness (QED) is 0.720. The molecule has 3 nitrogen and oxygen atoms in total. The lowest BCUT2D eigenvalue weighted by atomic mass is 10.0. The zero-order chi connectivity index (χ0) is 10.8. The Labute approximate surface area is 89.4 Å². The van der Waals surface area contributed by atoms with E-state index in [-0.39, 0.29) is 5.91 Å². The number of carbonyl (C=O) groups is 1. The van der Waals surface area contributed by atoms with Gasteiger partial charge in [-0.05, 0) is 17.5 Å². The molecule has 1 aromatic carbocycles. The highest BCUT2D eigenvalue weighted by Gasteiger charge is 2.20. The van der Waals surface area contributed by atoms with Crippen LogP contribution in [0.2, 0.25) is 0 Å². The second-order valence-corrected chi connectivity index (χ2v) is 3.69. The van der Waals surface area contributed by atoms with Crippen LogP contribution in [0.5, 0.6) is 0 Å². The molecule has 0 saturated carbocycles. The topological polar surface area (TPSA) is 32.7 Å². The van der Waals surface area contributed by atoms with Crippen molar-refractivity contribution in [3.05, 3.63) is 35.4 Å². The number of amides is 1. The highest BCUT2D eigenvalue weighted by Crippen LogP contribution is 2.14. The Bertz CT molecular complexity index is 406. The maximum Gasteiger partial charge on any atom is 0.248 e. The van der Waals surface area contributed by atoms with Crippen molar-refractivity contribution in [2.24, 2.45) is 5.10 Å². The summed E-state index contributed by atoms with van der Waals surface area (Å²) in [6.45, 7) is 2.12. The monoisotopic (exact) mass is 202 g/mol. The van der Waals surface area contributed by atoms with Crippen molar-refractivity contribution >= 4 is 11.6 Å². The van der Waals surface area contributed by atoms with Gasteiger partial charge in [-0.1, -0.05) is 31.2 Å². The molecule has 1 amide bonds. The molecule has 2 rings (SSSR count). The van der Waals surface area contributed by atoms with Crippen LogP contribution in [-0.4, -0.2) is 23.7 Å². The summed E-state index contributed by atoms with van der Waals surface area (Å²) in [6, 6.07) is 8.23. The molecule has 0 spiro atoms. The van der Waals surface area contributed by atoms with Crippen LogP contribution < -0.4 is 0 Å². The molecule has 1 aliphatic heterocycles. The van der Waals surface area contributed by atoms with E-state index in [9.17, 15) is 4.79 Å². The molecule has 0 bridgehead atoms. The molecule has 0 radical (unpaired) electrons. The number of carbonyl (C=O) groups excluding carboxylic acids is 1. The molecular formula is C12H14N2O. The van der Waals surface area contributed by atoms with Crippen LogP contribution in [0, 0.1) is 0 Å². The molecule has 0 saturated heterocycles. The summed E-state index contributed by atoms with van der Waals surface area (Å²) >= 11 is 0. The minimum absolute atomic E-state index is 0.0598. The normalized spacial score (nSPS) is 15.7. The van der Waals surface area contributed by atoms with Crippen molar-refractivity contribution in [2.75, 3.05) is 7.05 Å². The lowest BCUT2D eigenvalue weighted by Gasteiger charge is -2.00. The van der Waals surface area contributed by atoms with Crippen molar-refractivity contribution in [1.29, 1.82) is 0 Å². The van der Waals surface area contributed by atoms with E-state index in [1.165, 1.54) is 10.6 Å². The second kappa shape index (κ2) is 3.85. The van der Waals surface area contributed by atoms with E-state index in [2.05, 4.69) is 24.2 Å². The van der Waals surface area contributed by atoms with Crippen LogP contribution in [0.4, 0.5) is 0 Å². The summed E-state index contributed by atoms with van der Waals surface area (Å²) in [7, 11) is 1.69. The zero-order valence-corrected chi connectivity index (χ0v) is 9.03. The third-order valence-corrected chi connectivity index (χ3v) is 2.65. The average Bonchev–Trinajstić information content (AvgIpc) is 2.59. The Morgan fingerprint density at radius 3 is 2.47 bits per heavy atom. The number of hydrazone groups is 1. The fourth-order valence-electron chi connectivity index (χ4n) is 1.62. The molecule has 0 aliphatic carbocycles. The summed E-state index contributed by atoms with van der Waals surface area (Å²) in [4.78, 5) is 11.3. The molecular weight excluding hydrogens is 188 g/mol. The van der Waals surface area contributed by atoms with Crippen LogP contribution in [-0.2, 0) is 11.2 Å². The lowest BCUT2D eigenvalue weighted by molar-refractivity contribution is -0.127. The summed E-state index contributed by atoms with van der Waals surface area (Å²) in [5.41, 5.74) is 3.21. The van der Waals surface area contributed by atoms with Crippen LogP contribution in [0.25, 0.3) is 0 Å². The number of rotatable bonds is 2. The van der Waals surface area contributed by atoms with Crippen LogP contribution >= 0.6 is 0 Å². The van der Waals surface area contributed by atoms with Gasteiger partial charge in [0.25, 0.3) is 0 Å². The maximum absolute atomic E-state index is 11.3. The predicted octanol–water partition coefficient (Wildman–Crippen LogP) is 1.82. The van der Waals surface area contributed by atoms with Crippen molar-refractivity contribution in [1.82, 2.24) is 5.01 Å². The number of nitrogens with zero attached hydrogens (tertiary/aromatic N) is 2. The minimum Gasteiger partial charge on any atom is -0.273 e. The standard InChI is InChI=1S/C12H14N2O/c1-3-9-4-6-10(7-5-9)11-8-12(15)14(2)13-11/h4-7H,3,8H2,1-2H3. The van der Waals surface area contributed by atoms with Crippen molar-refractivity contribution in [3.8, 4) is 0 Å². The van der Waals surface area contributed by atoms with Gasteiger partial charge < -0.3 is 0 Å². The first-order valence-corrected chi connectivity index (χ1v) is 5.14. The minimum atomic E-state index is 0.0598. The summed E-state index contributed by atoms with van der Waals surface area (Å²) in [5, 5.41) is 5.60. The number of hydrogen-bond donors (Lipinski definition) is 0. The van der Waals surface area contributed by atoms with E-state index in [1.807, 2.05) is 12.1 Å². The number of hydrogen-bond acceptors (Lipinski definition) is 2. The van der Waals surface area contributed by atoms with Crippen LogP contribution in [0.3, 0.4) is 0 Å². The zero-order valence-electron chi connectivity index (χ0n) is 9.03. The Morgan fingerprint density at radius 1 is 1.33 bits per heavy atom. The molecule has 15 heavy (non-hydrogen) atoms. The molecule has 0 unspecified atom stereocenters. The third-order valence-electron chi connectivity index (χ3n) is 2.65. The smallest absolute Gasteiger partial charge is 0.248 e. The van der Waals surface area contributed by atoms with Crippen LogP contribution in [0.15, 0.2) is 29.4 Å². The van der Waals surface area contributed by atoms with Gasteiger partial charge in [0.1, 0.15) is 0 Å². The Balaban J connectivity index is 2.24. The van der Waals surface area contributed by atoms with E-state index in [0.717, 1.165) is 17.7 Å². The highest BCUT2D eigenvalue weighted by atomic mass is 16.2. The first kappa shape index (κ1) is 9.90. The van der Waals surface area contributed by atoms with Crippen molar-refractivity contribution in [3.63, 3.8) is 0 Å². The summed E-state index contributed by atoms with van der Waals surface area (Å²) < 4.78 is 0.